The molecule has 0 radical (unpaired) electrons. The lowest BCUT2D eigenvalue weighted by molar-refractivity contribution is 0.218. The largest absolute Gasteiger partial charge is 0.490 e. The van der Waals surface area contributed by atoms with E-state index < -0.39 is 0 Å². The van der Waals surface area contributed by atoms with Gasteiger partial charge < -0.3 is 19.3 Å². The second-order valence-corrected chi connectivity index (χ2v) is 7.38. The predicted octanol–water partition coefficient (Wildman–Crippen LogP) is 4.24. The summed E-state index contributed by atoms with van der Waals surface area (Å²) in [6.45, 7) is 6.76. The van der Waals surface area contributed by atoms with Crippen LogP contribution >= 0.6 is 23.8 Å². The Bertz CT molecular complexity index is 777. The van der Waals surface area contributed by atoms with Gasteiger partial charge >= 0.3 is 0 Å². The molecule has 2 aromatic rings. The molecule has 6 heteroatoms. The number of ether oxygens (including phenoxy) is 2. The highest BCUT2D eigenvalue weighted by atomic mass is 35.5. The molecule has 1 aliphatic rings. The fourth-order valence-corrected chi connectivity index (χ4v) is 3.58. The summed E-state index contributed by atoms with van der Waals surface area (Å²) in [6, 6.07) is 13.8. The van der Waals surface area contributed by atoms with Crippen molar-refractivity contribution in [3.8, 4) is 11.5 Å². The summed E-state index contributed by atoms with van der Waals surface area (Å²) in [4.78, 5) is 5.33. The Balaban J connectivity index is 1.80. The summed E-state index contributed by atoms with van der Waals surface area (Å²) in [6.07, 6.45) is 0. The number of nitrogens with zero attached hydrogens (tertiary/aromatic N) is 2. The lowest BCUT2D eigenvalue weighted by atomic mass is 10.1. The highest BCUT2D eigenvalue weighted by Crippen LogP contribution is 2.37. The lowest BCUT2D eigenvalue weighted by Gasteiger charge is -2.34. The summed E-state index contributed by atoms with van der Waals surface area (Å²) in [5.41, 5.74) is 1.98. The molecule has 27 heavy (non-hydrogen) atoms. The molecule has 0 atom stereocenters. The Morgan fingerprint density at radius 1 is 1.07 bits per heavy atom. The van der Waals surface area contributed by atoms with Crippen molar-refractivity contribution in [2.45, 2.75) is 13.5 Å². The van der Waals surface area contributed by atoms with Gasteiger partial charge in [0.2, 0.25) is 0 Å². The van der Waals surface area contributed by atoms with Crippen molar-refractivity contribution in [1.82, 2.24) is 9.80 Å². The molecule has 0 saturated carbocycles. The summed E-state index contributed by atoms with van der Waals surface area (Å²) < 4.78 is 11.8. The fraction of sp³-hybridized carbons (Fsp3) is 0.381. The van der Waals surface area contributed by atoms with Gasteiger partial charge in [-0.15, -0.1) is 0 Å². The van der Waals surface area contributed by atoms with E-state index in [1.54, 1.807) is 0 Å². The maximum atomic E-state index is 6.55. The van der Waals surface area contributed by atoms with Crippen molar-refractivity contribution in [1.29, 1.82) is 0 Å². The second-order valence-electron chi connectivity index (χ2n) is 6.59. The fourth-order valence-electron chi connectivity index (χ4n) is 3.02. The van der Waals surface area contributed by atoms with Gasteiger partial charge in [-0.1, -0.05) is 54.2 Å². The minimum atomic E-state index is 0.433. The van der Waals surface area contributed by atoms with Gasteiger partial charge in [0.25, 0.3) is 0 Å². The molecule has 2 aromatic carbocycles. The molecular weight excluding hydrogens is 380 g/mol. The molecule has 0 aliphatic carbocycles. The van der Waals surface area contributed by atoms with Crippen LogP contribution in [0.25, 0.3) is 0 Å². The number of hydrogen-bond donors (Lipinski definition) is 0. The highest BCUT2D eigenvalue weighted by molar-refractivity contribution is 7.80. The summed E-state index contributed by atoms with van der Waals surface area (Å²) >= 11 is 12.3. The SMILES string of the molecule is CCOc1cc(C(=S)N2CCN(C)CC2)cc(Cl)c1OCc1ccccc1. The summed E-state index contributed by atoms with van der Waals surface area (Å²) in [5, 5.41) is 0.517. The molecule has 0 N–H and O–H groups in total. The molecule has 144 valence electrons. The Morgan fingerprint density at radius 3 is 2.44 bits per heavy atom. The topological polar surface area (TPSA) is 24.9 Å². The van der Waals surface area contributed by atoms with Gasteiger partial charge in [0, 0.05) is 31.7 Å². The van der Waals surface area contributed by atoms with Crippen molar-refractivity contribution in [2.75, 3.05) is 39.8 Å². The van der Waals surface area contributed by atoms with Gasteiger partial charge in [0.15, 0.2) is 11.5 Å². The van der Waals surface area contributed by atoms with Crippen LogP contribution in [0.15, 0.2) is 42.5 Å². The van der Waals surface area contributed by atoms with E-state index >= 15 is 0 Å². The van der Waals surface area contributed by atoms with Crippen molar-refractivity contribution >= 4 is 28.8 Å². The average molecular weight is 405 g/mol. The highest BCUT2D eigenvalue weighted by Gasteiger charge is 2.20. The number of piperazine rings is 1. The molecule has 0 spiro atoms. The maximum absolute atomic E-state index is 6.55. The number of likely N-dealkylation sites (N-methyl/N-ethyl adjacent to an activating group) is 1. The van der Waals surface area contributed by atoms with Crippen LogP contribution in [0, 0.1) is 0 Å². The van der Waals surface area contributed by atoms with Crippen LogP contribution in [0.3, 0.4) is 0 Å². The zero-order valence-corrected chi connectivity index (χ0v) is 17.4. The van der Waals surface area contributed by atoms with E-state index in [9.17, 15) is 0 Å². The maximum Gasteiger partial charge on any atom is 0.180 e. The van der Waals surface area contributed by atoms with Crippen LogP contribution in [0.5, 0.6) is 11.5 Å². The zero-order valence-electron chi connectivity index (χ0n) is 15.8. The van der Waals surface area contributed by atoms with E-state index in [4.69, 9.17) is 33.3 Å². The first-order valence-electron chi connectivity index (χ1n) is 9.19. The monoisotopic (exact) mass is 404 g/mol. The molecule has 1 heterocycles. The Morgan fingerprint density at radius 2 is 1.78 bits per heavy atom. The third kappa shape index (κ3) is 5.12. The van der Waals surface area contributed by atoms with Crippen LogP contribution < -0.4 is 9.47 Å². The first-order chi connectivity index (χ1) is 13.1. The Kier molecular flexibility index (Phi) is 6.94. The van der Waals surface area contributed by atoms with Crippen molar-refractivity contribution in [2.24, 2.45) is 0 Å². The van der Waals surface area contributed by atoms with Crippen molar-refractivity contribution in [3.05, 3.63) is 58.6 Å². The molecule has 0 aromatic heterocycles. The minimum Gasteiger partial charge on any atom is -0.490 e. The molecule has 1 fully saturated rings. The second kappa shape index (κ2) is 9.40. The quantitative estimate of drug-likeness (QED) is 0.670. The first kappa shape index (κ1) is 19.9. The lowest BCUT2D eigenvalue weighted by Crippen LogP contribution is -2.46. The smallest absolute Gasteiger partial charge is 0.180 e. The number of halogens is 1. The number of thiocarbonyl (C=S) groups is 1. The molecule has 1 aliphatic heterocycles. The molecule has 0 unspecified atom stereocenters. The normalized spacial score (nSPS) is 14.9. The van der Waals surface area contributed by atoms with Crippen LogP contribution in [0.2, 0.25) is 5.02 Å². The van der Waals surface area contributed by atoms with Gasteiger partial charge in [-0.2, -0.15) is 0 Å². The van der Waals surface area contributed by atoms with Crippen LogP contribution in [0.4, 0.5) is 0 Å². The van der Waals surface area contributed by atoms with Crippen LogP contribution in [-0.2, 0) is 6.61 Å². The Labute approximate surface area is 171 Å². The van der Waals surface area contributed by atoms with E-state index in [0.717, 1.165) is 42.3 Å². The summed E-state index contributed by atoms with van der Waals surface area (Å²) in [5.74, 6) is 1.19. The molecule has 4 nitrogen and oxygen atoms in total. The molecular formula is C21H25ClN2O2S. The first-order valence-corrected chi connectivity index (χ1v) is 9.98. The van der Waals surface area contributed by atoms with Gasteiger partial charge in [-0.3, -0.25) is 0 Å². The minimum absolute atomic E-state index is 0.433. The van der Waals surface area contributed by atoms with Gasteiger partial charge in [0.05, 0.1) is 11.6 Å². The summed E-state index contributed by atoms with van der Waals surface area (Å²) in [7, 11) is 2.13. The number of rotatable bonds is 6. The van der Waals surface area contributed by atoms with Gasteiger partial charge in [-0.25, -0.2) is 0 Å². The van der Waals surface area contributed by atoms with Gasteiger partial charge in [-0.05, 0) is 31.7 Å². The van der Waals surface area contributed by atoms with E-state index in [-0.39, 0.29) is 0 Å². The molecule has 0 bridgehead atoms. The predicted molar refractivity (Wildman–Crippen MR) is 114 cm³/mol. The average Bonchev–Trinajstić information content (AvgIpc) is 2.68. The van der Waals surface area contributed by atoms with E-state index in [1.807, 2.05) is 49.4 Å². The number of benzene rings is 2. The van der Waals surface area contributed by atoms with E-state index in [2.05, 4.69) is 16.8 Å². The number of hydrogen-bond acceptors (Lipinski definition) is 4. The standard InChI is InChI=1S/C21H25ClN2O2S/c1-3-25-19-14-17(21(27)24-11-9-23(2)10-12-24)13-18(22)20(19)26-15-16-7-5-4-6-8-16/h4-8,13-14H,3,9-12,15H2,1-2H3. The third-order valence-electron chi connectivity index (χ3n) is 4.57. The van der Waals surface area contributed by atoms with Crippen molar-refractivity contribution < 1.29 is 9.47 Å². The van der Waals surface area contributed by atoms with Crippen LogP contribution in [-0.4, -0.2) is 54.6 Å². The molecule has 0 amide bonds. The van der Waals surface area contributed by atoms with E-state index in [1.165, 1.54) is 0 Å². The van der Waals surface area contributed by atoms with Crippen molar-refractivity contribution in [3.63, 3.8) is 0 Å². The van der Waals surface area contributed by atoms with Gasteiger partial charge in [0.1, 0.15) is 11.6 Å². The molecule has 1 saturated heterocycles. The van der Waals surface area contributed by atoms with Crippen LogP contribution in [0.1, 0.15) is 18.1 Å². The molecule has 3 rings (SSSR count). The van der Waals surface area contributed by atoms with E-state index in [0.29, 0.717) is 29.7 Å². The Hall–Kier alpha value is -1.82. The zero-order chi connectivity index (χ0) is 19.2. The third-order valence-corrected chi connectivity index (χ3v) is 5.35.